The Balaban J connectivity index is 2.21. The summed E-state index contributed by atoms with van der Waals surface area (Å²) < 4.78 is 4.33. The third kappa shape index (κ3) is 1.86. The van der Waals surface area contributed by atoms with Crippen LogP contribution in [0, 0.1) is 0 Å². The number of β-amino-alcohol motifs (C(OH)–C–C–N with tert-alkyl or cyclic N) is 1. The van der Waals surface area contributed by atoms with Gasteiger partial charge in [0, 0.05) is 0 Å². The molecule has 0 radical (unpaired) electrons. The number of hydrogen-bond acceptors (Lipinski definition) is 5. The second kappa shape index (κ2) is 4.58. The number of methoxy groups -OCH3 is 1. The summed E-state index contributed by atoms with van der Waals surface area (Å²) in [5, 5.41) is 9.47. The highest BCUT2D eigenvalue weighted by Crippen LogP contribution is 2.22. The van der Waals surface area contributed by atoms with Crippen molar-refractivity contribution in [3.63, 3.8) is 0 Å². The Morgan fingerprint density at radius 1 is 1.28 bits per heavy atom. The maximum atomic E-state index is 11.9. The van der Waals surface area contributed by atoms with Crippen LogP contribution in [0.2, 0.25) is 0 Å². The number of hydrogen-bond donors (Lipinski definition) is 1. The molecule has 0 fully saturated rings. The lowest BCUT2D eigenvalue weighted by Crippen LogP contribution is -2.40. The highest BCUT2D eigenvalue weighted by Gasteiger charge is 2.37. The molecule has 0 saturated carbocycles. The second-order valence-corrected chi connectivity index (χ2v) is 3.81. The van der Waals surface area contributed by atoms with Crippen molar-refractivity contribution in [1.29, 1.82) is 0 Å². The van der Waals surface area contributed by atoms with Crippen molar-refractivity contribution in [2.75, 3.05) is 13.7 Å². The summed E-state index contributed by atoms with van der Waals surface area (Å²) >= 11 is 0. The van der Waals surface area contributed by atoms with E-state index < -0.39 is 30.4 Å². The van der Waals surface area contributed by atoms with Gasteiger partial charge in [0.25, 0.3) is 11.8 Å². The van der Waals surface area contributed by atoms with Gasteiger partial charge >= 0.3 is 5.97 Å². The molecular weight excluding hydrogens is 238 g/mol. The number of esters is 1. The molecule has 0 aliphatic carbocycles. The van der Waals surface area contributed by atoms with Crippen molar-refractivity contribution < 1.29 is 24.2 Å². The standard InChI is InChI=1S/C12H11NO5/c1-18-12(17)9(14)6-13-10(15)7-4-2-3-5-8(7)11(13)16/h2-5,9,14H,6H2,1H3. The molecule has 0 saturated heterocycles. The largest absolute Gasteiger partial charge is 0.467 e. The SMILES string of the molecule is COC(=O)C(O)CN1C(=O)c2ccccc2C1=O. The summed E-state index contributed by atoms with van der Waals surface area (Å²) in [5.74, 6) is -1.91. The third-order valence-corrected chi connectivity index (χ3v) is 2.71. The Morgan fingerprint density at radius 2 is 1.78 bits per heavy atom. The first-order valence-corrected chi connectivity index (χ1v) is 5.27. The van der Waals surface area contributed by atoms with Crippen molar-refractivity contribution in [3.8, 4) is 0 Å². The summed E-state index contributed by atoms with van der Waals surface area (Å²) in [4.78, 5) is 35.7. The maximum Gasteiger partial charge on any atom is 0.336 e. The number of ether oxygens (including phenoxy) is 1. The van der Waals surface area contributed by atoms with Crippen LogP contribution in [0.3, 0.4) is 0 Å². The average molecular weight is 249 g/mol. The number of amides is 2. The minimum atomic E-state index is -1.53. The van der Waals surface area contributed by atoms with Gasteiger partial charge in [-0.2, -0.15) is 0 Å². The molecule has 2 amide bonds. The molecule has 94 valence electrons. The fraction of sp³-hybridized carbons (Fsp3) is 0.250. The van der Waals surface area contributed by atoms with E-state index in [4.69, 9.17) is 0 Å². The van der Waals surface area contributed by atoms with E-state index >= 15 is 0 Å². The number of aliphatic hydroxyl groups excluding tert-OH is 1. The van der Waals surface area contributed by atoms with Gasteiger partial charge in [0.2, 0.25) is 0 Å². The number of rotatable bonds is 3. The molecule has 1 unspecified atom stereocenters. The molecule has 6 nitrogen and oxygen atoms in total. The number of aliphatic hydroxyl groups is 1. The van der Waals surface area contributed by atoms with Crippen LogP contribution >= 0.6 is 0 Å². The van der Waals surface area contributed by atoms with Crippen molar-refractivity contribution in [1.82, 2.24) is 4.90 Å². The van der Waals surface area contributed by atoms with Crippen LogP contribution in [0.5, 0.6) is 0 Å². The summed E-state index contributed by atoms with van der Waals surface area (Å²) in [7, 11) is 1.12. The Labute approximate surface area is 103 Å². The maximum absolute atomic E-state index is 11.9. The Bertz CT molecular complexity index is 490. The highest BCUT2D eigenvalue weighted by molar-refractivity contribution is 6.21. The lowest BCUT2D eigenvalue weighted by Gasteiger charge is -2.16. The summed E-state index contributed by atoms with van der Waals surface area (Å²) in [6.07, 6.45) is -1.53. The van der Waals surface area contributed by atoms with E-state index in [9.17, 15) is 19.5 Å². The Morgan fingerprint density at radius 3 is 2.22 bits per heavy atom. The monoisotopic (exact) mass is 249 g/mol. The van der Waals surface area contributed by atoms with E-state index in [0.29, 0.717) is 0 Å². The Kier molecular flexibility index (Phi) is 3.12. The minimum Gasteiger partial charge on any atom is -0.467 e. The number of carbonyl (C=O) groups excluding carboxylic acids is 3. The van der Waals surface area contributed by atoms with Gasteiger partial charge in [0.15, 0.2) is 6.10 Å². The van der Waals surface area contributed by atoms with Crippen molar-refractivity contribution in [2.24, 2.45) is 0 Å². The zero-order chi connectivity index (χ0) is 13.3. The van der Waals surface area contributed by atoms with Gasteiger partial charge in [0.1, 0.15) is 0 Å². The van der Waals surface area contributed by atoms with Gasteiger partial charge in [-0.15, -0.1) is 0 Å². The van der Waals surface area contributed by atoms with Crippen LogP contribution in [0.15, 0.2) is 24.3 Å². The highest BCUT2D eigenvalue weighted by atomic mass is 16.5. The molecule has 1 aliphatic rings. The van der Waals surface area contributed by atoms with E-state index in [2.05, 4.69) is 4.74 Å². The number of benzene rings is 1. The van der Waals surface area contributed by atoms with Gasteiger partial charge in [-0.3, -0.25) is 14.5 Å². The number of fused-ring (bicyclic) bond motifs is 1. The van der Waals surface area contributed by atoms with E-state index in [1.807, 2.05) is 0 Å². The molecule has 0 bridgehead atoms. The summed E-state index contributed by atoms with van der Waals surface area (Å²) in [6, 6.07) is 6.34. The second-order valence-electron chi connectivity index (χ2n) is 3.81. The Hall–Kier alpha value is -2.21. The third-order valence-electron chi connectivity index (χ3n) is 2.71. The molecule has 1 heterocycles. The zero-order valence-corrected chi connectivity index (χ0v) is 9.62. The van der Waals surface area contributed by atoms with E-state index in [1.165, 1.54) is 12.1 Å². The van der Waals surface area contributed by atoms with Gasteiger partial charge in [-0.1, -0.05) is 12.1 Å². The van der Waals surface area contributed by atoms with Crippen molar-refractivity contribution in [3.05, 3.63) is 35.4 Å². The summed E-state index contributed by atoms with van der Waals surface area (Å²) in [5.41, 5.74) is 0.555. The molecule has 1 N–H and O–H groups in total. The number of imide groups is 1. The van der Waals surface area contributed by atoms with Crippen molar-refractivity contribution in [2.45, 2.75) is 6.10 Å². The molecule has 1 aromatic rings. The predicted molar refractivity (Wildman–Crippen MR) is 59.8 cm³/mol. The summed E-state index contributed by atoms with van der Waals surface area (Å²) in [6.45, 7) is -0.404. The van der Waals surface area contributed by atoms with Crippen LogP contribution < -0.4 is 0 Å². The lowest BCUT2D eigenvalue weighted by atomic mass is 10.1. The van der Waals surface area contributed by atoms with Crippen LogP contribution in [0.1, 0.15) is 20.7 Å². The first-order chi connectivity index (χ1) is 8.56. The van der Waals surface area contributed by atoms with E-state index in [0.717, 1.165) is 12.0 Å². The molecule has 18 heavy (non-hydrogen) atoms. The molecule has 0 aromatic heterocycles. The van der Waals surface area contributed by atoms with Crippen molar-refractivity contribution >= 4 is 17.8 Å². The molecule has 1 atom stereocenters. The quantitative estimate of drug-likeness (QED) is 0.593. The topological polar surface area (TPSA) is 83.9 Å². The van der Waals surface area contributed by atoms with Crippen LogP contribution in [0.25, 0.3) is 0 Å². The molecule has 2 rings (SSSR count). The lowest BCUT2D eigenvalue weighted by molar-refractivity contribution is -0.150. The van der Waals surface area contributed by atoms with Crippen LogP contribution in [-0.2, 0) is 9.53 Å². The van der Waals surface area contributed by atoms with Gasteiger partial charge < -0.3 is 9.84 Å². The van der Waals surface area contributed by atoms with E-state index in [1.54, 1.807) is 12.1 Å². The normalized spacial score (nSPS) is 15.6. The fourth-order valence-electron chi connectivity index (χ4n) is 1.79. The van der Waals surface area contributed by atoms with Crippen LogP contribution in [0.4, 0.5) is 0 Å². The zero-order valence-electron chi connectivity index (χ0n) is 9.62. The molecule has 1 aromatic carbocycles. The van der Waals surface area contributed by atoms with Gasteiger partial charge in [0.05, 0.1) is 24.8 Å². The molecular formula is C12H11NO5. The molecule has 1 aliphatic heterocycles. The first kappa shape index (κ1) is 12.3. The molecule has 0 spiro atoms. The smallest absolute Gasteiger partial charge is 0.336 e. The predicted octanol–water partition coefficient (Wildman–Crippen LogP) is -0.184. The molecule has 6 heteroatoms. The average Bonchev–Trinajstić information content (AvgIpc) is 2.63. The minimum absolute atomic E-state index is 0.277. The van der Waals surface area contributed by atoms with Crippen LogP contribution in [-0.4, -0.2) is 47.5 Å². The number of nitrogens with zero attached hydrogens (tertiary/aromatic N) is 1. The first-order valence-electron chi connectivity index (χ1n) is 5.27. The van der Waals surface area contributed by atoms with E-state index in [-0.39, 0.29) is 11.1 Å². The van der Waals surface area contributed by atoms with Gasteiger partial charge in [-0.25, -0.2) is 4.79 Å². The number of carbonyl (C=O) groups is 3. The van der Waals surface area contributed by atoms with Gasteiger partial charge in [-0.05, 0) is 12.1 Å². The fourth-order valence-corrected chi connectivity index (χ4v) is 1.79.